The van der Waals surface area contributed by atoms with E-state index in [0.29, 0.717) is 23.5 Å². The molecule has 1 aliphatic rings. The number of likely N-dealkylation sites (tertiary alicyclic amines) is 1. The minimum Gasteiger partial charge on any atom is -0.339 e. The third kappa shape index (κ3) is 7.20. The molecule has 1 N–H and O–H groups in total. The number of hydrogen-bond acceptors (Lipinski definition) is 4. The van der Waals surface area contributed by atoms with Crippen molar-refractivity contribution in [3.63, 3.8) is 0 Å². The van der Waals surface area contributed by atoms with Crippen molar-refractivity contribution in [2.24, 2.45) is 0 Å². The highest BCUT2D eigenvalue weighted by Gasteiger charge is 2.35. The molecule has 7 nitrogen and oxygen atoms in total. The summed E-state index contributed by atoms with van der Waals surface area (Å²) in [6.45, 7) is 2.06. The summed E-state index contributed by atoms with van der Waals surface area (Å²) in [7, 11) is -4.49. The summed E-state index contributed by atoms with van der Waals surface area (Å²) < 4.78 is 68.8. The van der Waals surface area contributed by atoms with Gasteiger partial charge in [-0.3, -0.25) is 13.9 Å². The Balaban J connectivity index is 1.68. The smallest absolute Gasteiger partial charge is 0.339 e. The molecule has 0 bridgehead atoms. The minimum absolute atomic E-state index is 0.173. The molecule has 3 aromatic carbocycles. The molecule has 12 heteroatoms. The molecule has 0 saturated carbocycles. The molecule has 2 amide bonds. The molecule has 1 saturated heterocycles. The van der Waals surface area contributed by atoms with Crippen LogP contribution in [0.3, 0.4) is 0 Å². The van der Waals surface area contributed by atoms with E-state index in [1.165, 1.54) is 18.2 Å². The number of halogens is 4. The summed E-state index contributed by atoms with van der Waals surface area (Å²) in [5.74, 6) is -1.11. The number of carbonyl (C=O) groups is 2. The van der Waals surface area contributed by atoms with Gasteiger partial charge in [-0.2, -0.15) is 13.2 Å². The molecule has 0 aromatic heterocycles. The average molecular weight is 608 g/mol. The van der Waals surface area contributed by atoms with Crippen LogP contribution in [-0.4, -0.2) is 44.8 Å². The molecule has 41 heavy (non-hydrogen) atoms. The molecule has 3 aromatic rings. The highest BCUT2D eigenvalue weighted by Crippen LogP contribution is 2.38. The number of nitrogens with zero attached hydrogens (tertiary/aromatic N) is 2. The Morgan fingerprint density at radius 2 is 1.59 bits per heavy atom. The fraction of sp³-hybridized carbons (Fsp3) is 0.310. The first-order valence-corrected chi connectivity index (χ1v) is 14.8. The summed E-state index contributed by atoms with van der Waals surface area (Å²) in [6, 6.07) is 14.7. The number of rotatable bonds is 7. The zero-order valence-corrected chi connectivity index (χ0v) is 23.8. The summed E-state index contributed by atoms with van der Waals surface area (Å²) in [4.78, 5) is 28.1. The molecule has 0 aliphatic carbocycles. The molecule has 218 valence electrons. The van der Waals surface area contributed by atoms with Crippen molar-refractivity contribution in [1.82, 2.24) is 4.90 Å². The van der Waals surface area contributed by atoms with Gasteiger partial charge >= 0.3 is 6.18 Å². The third-order valence-electron chi connectivity index (χ3n) is 6.76. The van der Waals surface area contributed by atoms with Crippen molar-refractivity contribution in [3.8, 4) is 0 Å². The summed E-state index contributed by atoms with van der Waals surface area (Å²) in [5, 5.41) is 1.98. The lowest BCUT2D eigenvalue weighted by atomic mass is 10.1. The van der Waals surface area contributed by atoms with E-state index in [4.69, 9.17) is 11.6 Å². The van der Waals surface area contributed by atoms with Gasteiger partial charge in [-0.25, -0.2) is 8.42 Å². The molecule has 4 rings (SSSR count). The molecule has 0 unspecified atom stereocenters. The minimum atomic E-state index is -4.86. The van der Waals surface area contributed by atoms with E-state index in [1.54, 1.807) is 42.2 Å². The number of aryl methyl sites for hydroxylation is 1. The fourth-order valence-electron chi connectivity index (χ4n) is 4.58. The van der Waals surface area contributed by atoms with Crippen LogP contribution in [0.15, 0.2) is 71.6 Å². The van der Waals surface area contributed by atoms with Crippen LogP contribution < -0.4 is 9.62 Å². The molecule has 1 fully saturated rings. The van der Waals surface area contributed by atoms with Crippen LogP contribution in [0.5, 0.6) is 0 Å². The lowest BCUT2D eigenvalue weighted by molar-refractivity contribution is -0.137. The molecule has 1 aliphatic heterocycles. The monoisotopic (exact) mass is 607 g/mol. The summed E-state index contributed by atoms with van der Waals surface area (Å²) in [5.41, 5.74) is -0.459. The van der Waals surface area contributed by atoms with Gasteiger partial charge in [0.25, 0.3) is 15.9 Å². The van der Waals surface area contributed by atoms with Crippen molar-refractivity contribution in [1.29, 1.82) is 0 Å². The van der Waals surface area contributed by atoms with E-state index < -0.39 is 44.9 Å². The highest BCUT2D eigenvalue weighted by molar-refractivity contribution is 7.92. The van der Waals surface area contributed by atoms with Crippen LogP contribution in [-0.2, 0) is 21.0 Å². The predicted octanol–water partition coefficient (Wildman–Crippen LogP) is 6.52. The molecular formula is C29H29ClF3N3O4S. The molecular weight excluding hydrogens is 579 g/mol. The van der Waals surface area contributed by atoms with Gasteiger partial charge in [0.2, 0.25) is 5.91 Å². The first kappa shape index (κ1) is 30.4. The highest BCUT2D eigenvalue weighted by atomic mass is 35.5. The zero-order chi connectivity index (χ0) is 29.8. The van der Waals surface area contributed by atoms with Gasteiger partial charge in [0.15, 0.2) is 0 Å². The Bertz CT molecular complexity index is 1520. The van der Waals surface area contributed by atoms with E-state index in [-0.39, 0.29) is 22.1 Å². The lowest BCUT2D eigenvalue weighted by Gasteiger charge is -2.26. The van der Waals surface area contributed by atoms with Crippen molar-refractivity contribution in [3.05, 3.63) is 88.4 Å². The average Bonchev–Trinajstić information content (AvgIpc) is 3.21. The van der Waals surface area contributed by atoms with Crippen molar-refractivity contribution >= 4 is 44.8 Å². The van der Waals surface area contributed by atoms with Crippen molar-refractivity contribution in [2.75, 3.05) is 29.3 Å². The zero-order valence-electron chi connectivity index (χ0n) is 22.2. The van der Waals surface area contributed by atoms with Gasteiger partial charge in [-0.1, -0.05) is 54.3 Å². The van der Waals surface area contributed by atoms with Gasteiger partial charge in [-0.05, 0) is 62.2 Å². The van der Waals surface area contributed by atoms with Crippen LogP contribution in [0.1, 0.15) is 47.2 Å². The van der Waals surface area contributed by atoms with Gasteiger partial charge in [0.05, 0.1) is 32.4 Å². The van der Waals surface area contributed by atoms with E-state index in [2.05, 4.69) is 5.32 Å². The Labute approximate surface area is 242 Å². The van der Waals surface area contributed by atoms with Gasteiger partial charge in [-0.15, -0.1) is 0 Å². The number of sulfonamides is 1. The van der Waals surface area contributed by atoms with Gasteiger partial charge in [0.1, 0.15) is 6.54 Å². The van der Waals surface area contributed by atoms with Gasteiger partial charge < -0.3 is 10.2 Å². The summed E-state index contributed by atoms with van der Waals surface area (Å²) in [6.07, 6.45) is -1.08. The number of para-hydroxylation sites is 1. The Kier molecular flexibility index (Phi) is 9.28. The van der Waals surface area contributed by atoms with E-state index in [9.17, 15) is 31.2 Å². The second-order valence-electron chi connectivity index (χ2n) is 9.79. The number of anilines is 2. The normalized spacial score (nSPS) is 14.3. The largest absolute Gasteiger partial charge is 0.417 e. The number of nitrogens with one attached hydrogen (secondary N) is 1. The first-order chi connectivity index (χ1) is 19.4. The Hall–Kier alpha value is -3.57. The maximum Gasteiger partial charge on any atom is 0.417 e. The number of carbonyl (C=O) groups excluding carboxylic acids is 2. The van der Waals surface area contributed by atoms with E-state index in [1.807, 2.05) is 0 Å². The first-order valence-electron chi connectivity index (χ1n) is 13.0. The van der Waals surface area contributed by atoms with Crippen LogP contribution >= 0.6 is 11.6 Å². The molecule has 1 heterocycles. The Morgan fingerprint density at radius 3 is 2.22 bits per heavy atom. The molecule has 0 atom stereocenters. The van der Waals surface area contributed by atoms with E-state index in [0.717, 1.165) is 43.4 Å². The number of amides is 2. The number of benzene rings is 3. The number of hydrogen-bond donors (Lipinski definition) is 1. The van der Waals surface area contributed by atoms with Gasteiger partial charge in [0, 0.05) is 13.1 Å². The second kappa shape index (κ2) is 12.5. The maximum absolute atomic E-state index is 13.7. The van der Waals surface area contributed by atoms with E-state index >= 15 is 0 Å². The van der Waals surface area contributed by atoms with Crippen LogP contribution in [0.4, 0.5) is 24.5 Å². The molecule has 0 spiro atoms. The van der Waals surface area contributed by atoms with Crippen LogP contribution in [0.25, 0.3) is 0 Å². The fourth-order valence-corrected chi connectivity index (χ4v) is 6.22. The predicted molar refractivity (Wildman–Crippen MR) is 152 cm³/mol. The SMILES string of the molecule is Cc1ccc(S(=O)(=O)N(CC(=O)Nc2ccccc2C(=O)N2CCCCCC2)c2ccc(Cl)c(C(F)(F)F)c2)cc1. The topological polar surface area (TPSA) is 86.8 Å². The summed E-state index contributed by atoms with van der Waals surface area (Å²) >= 11 is 5.77. The van der Waals surface area contributed by atoms with Crippen molar-refractivity contribution < 1.29 is 31.2 Å². The van der Waals surface area contributed by atoms with Crippen molar-refractivity contribution in [2.45, 2.75) is 43.7 Å². The van der Waals surface area contributed by atoms with Crippen LogP contribution in [0.2, 0.25) is 5.02 Å². The number of alkyl halides is 3. The lowest BCUT2D eigenvalue weighted by Crippen LogP contribution is -2.39. The standard InChI is InChI=1S/C29H29ClF3N3O4S/c1-20-10-13-22(14-11-20)41(39,40)36(21-12-15-25(30)24(18-21)29(31,32)33)19-27(37)34-26-9-5-4-8-23(26)28(38)35-16-6-2-3-7-17-35/h4-5,8-15,18H,2-3,6-7,16-17,19H2,1H3,(H,34,37). The quantitative estimate of drug-likeness (QED) is 0.331. The second-order valence-corrected chi connectivity index (χ2v) is 12.1. The molecule has 0 radical (unpaired) electrons. The van der Waals surface area contributed by atoms with Crippen LogP contribution in [0, 0.1) is 6.92 Å². The Morgan fingerprint density at radius 1 is 0.951 bits per heavy atom. The maximum atomic E-state index is 13.7. The third-order valence-corrected chi connectivity index (χ3v) is 8.88.